The molecule has 7 heteroatoms. The van der Waals surface area contributed by atoms with Crippen molar-refractivity contribution >= 4 is 39.1 Å². The molecule has 0 aliphatic rings. The third kappa shape index (κ3) is 3.78. The van der Waals surface area contributed by atoms with Crippen LogP contribution >= 0.6 is 23.4 Å². The number of aryl methyl sites for hydroxylation is 1. The number of nitrogens with two attached hydrogens (primary N) is 1. The van der Waals surface area contributed by atoms with Crippen LogP contribution in [0.3, 0.4) is 0 Å². The Labute approximate surface area is 117 Å². The van der Waals surface area contributed by atoms with Gasteiger partial charge in [0.25, 0.3) is 0 Å². The summed E-state index contributed by atoms with van der Waals surface area (Å²) < 4.78 is 27.0. The van der Waals surface area contributed by atoms with Crippen LogP contribution in [0.4, 0.5) is 5.69 Å². The smallest absolute Gasteiger partial charge is 0.241 e. The van der Waals surface area contributed by atoms with Crippen molar-refractivity contribution < 1.29 is 8.42 Å². The van der Waals surface area contributed by atoms with Crippen LogP contribution in [-0.4, -0.2) is 26.5 Å². The number of thioether (sulfide) groups is 1. The summed E-state index contributed by atoms with van der Waals surface area (Å²) in [5.74, 6) is 0.710. The summed E-state index contributed by atoms with van der Waals surface area (Å²) in [6.07, 6.45) is 1.93. The highest BCUT2D eigenvalue weighted by Crippen LogP contribution is 2.26. The van der Waals surface area contributed by atoms with E-state index >= 15 is 0 Å². The van der Waals surface area contributed by atoms with E-state index in [0.717, 1.165) is 0 Å². The SMILES string of the molecule is CSCC(C)NS(=O)(=O)c1cc(N)c(Cl)cc1C. The zero-order valence-corrected chi connectivity index (χ0v) is 12.9. The first-order valence-corrected chi connectivity index (χ1v) is 8.60. The van der Waals surface area contributed by atoms with E-state index in [1.165, 1.54) is 6.07 Å². The predicted molar refractivity (Wildman–Crippen MR) is 78.8 cm³/mol. The Morgan fingerprint density at radius 2 is 2.11 bits per heavy atom. The first kappa shape index (κ1) is 15.6. The van der Waals surface area contributed by atoms with Gasteiger partial charge in [0.05, 0.1) is 15.6 Å². The fraction of sp³-hybridized carbons (Fsp3) is 0.455. The van der Waals surface area contributed by atoms with Crippen LogP contribution in [0.2, 0.25) is 5.02 Å². The predicted octanol–water partition coefficient (Wildman–Crippen LogP) is 2.26. The molecule has 0 saturated carbocycles. The Hall–Kier alpha value is -0.430. The first-order chi connectivity index (χ1) is 8.27. The molecule has 0 radical (unpaired) electrons. The molecule has 1 atom stereocenters. The van der Waals surface area contributed by atoms with Crippen LogP contribution in [0.15, 0.2) is 17.0 Å². The molecule has 0 aliphatic heterocycles. The Morgan fingerprint density at radius 3 is 2.67 bits per heavy atom. The first-order valence-electron chi connectivity index (χ1n) is 5.35. The highest BCUT2D eigenvalue weighted by molar-refractivity contribution is 7.98. The molecular formula is C11H17ClN2O2S2. The fourth-order valence-electron chi connectivity index (χ4n) is 1.57. The third-order valence-corrected chi connectivity index (χ3v) is 5.25. The number of nitrogens with one attached hydrogen (secondary N) is 1. The minimum Gasteiger partial charge on any atom is -0.397 e. The Morgan fingerprint density at radius 1 is 1.50 bits per heavy atom. The van der Waals surface area contributed by atoms with Gasteiger partial charge in [-0.1, -0.05) is 11.6 Å². The van der Waals surface area contributed by atoms with E-state index in [0.29, 0.717) is 16.3 Å². The molecule has 0 spiro atoms. The molecular weight excluding hydrogens is 292 g/mol. The normalized spacial score (nSPS) is 13.6. The number of halogens is 1. The molecule has 1 unspecified atom stereocenters. The van der Waals surface area contributed by atoms with Crippen LogP contribution in [0, 0.1) is 6.92 Å². The molecule has 1 aromatic carbocycles. The van der Waals surface area contributed by atoms with Gasteiger partial charge in [-0.05, 0) is 37.8 Å². The molecule has 1 rings (SSSR count). The number of nitrogen functional groups attached to an aromatic ring is 1. The number of benzene rings is 1. The number of rotatable bonds is 5. The third-order valence-electron chi connectivity index (χ3n) is 2.36. The van der Waals surface area contributed by atoms with Crippen LogP contribution < -0.4 is 10.5 Å². The van der Waals surface area contributed by atoms with Crippen molar-refractivity contribution in [2.45, 2.75) is 24.8 Å². The number of hydrogen-bond acceptors (Lipinski definition) is 4. The average Bonchev–Trinajstić information content (AvgIpc) is 2.22. The van der Waals surface area contributed by atoms with E-state index in [2.05, 4.69) is 4.72 Å². The summed E-state index contributed by atoms with van der Waals surface area (Å²) in [5, 5.41) is 0.364. The standard InChI is InChI=1S/C11H17ClN2O2S2/c1-7-4-9(12)10(13)5-11(7)18(15,16)14-8(2)6-17-3/h4-5,8,14H,6,13H2,1-3H3. The Bertz CT molecular complexity index is 532. The fourth-order valence-corrected chi connectivity index (χ4v) is 3.98. The average molecular weight is 309 g/mol. The molecule has 102 valence electrons. The summed E-state index contributed by atoms with van der Waals surface area (Å²) in [6, 6.07) is 2.82. The van der Waals surface area contributed by atoms with Gasteiger partial charge in [0, 0.05) is 11.8 Å². The minimum atomic E-state index is -3.55. The van der Waals surface area contributed by atoms with Crippen LogP contribution in [0.5, 0.6) is 0 Å². The van der Waals surface area contributed by atoms with E-state index in [1.807, 2.05) is 13.2 Å². The molecule has 1 aromatic rings. The summed E-state index contributed by atoms with van der Waals surface area (Å²) in [5.41, 5.74) is 6.49. The molecule has 0 aliphatic carbocycles. The van der Waals surface area contributed by atoms with Gasteiger partial charge in [-0.2, -0.15) is 11.8 Å². The number of anilines is 1. The van der Waals surface area contributed by atoms with Gasteiger partial charge in [-0.15, -0.1) is 0 Å². The van der Waals surface area contributed by atoms with Crippen molar-refractivity contribution in [1.82, 2.24) is 4.72 Å². The molecule has 0 saturated heterocycles. The minimum absolute atomic E-state index is 0.138. The molecule has 0 amide bonds. The number of sulfonamides is 1. The molecule has 3 N–H and O–H groups in total. The lowest BCUT2D eigenvalue weighted by molar-refractivity contribution is 0.570. The van der Waals surface area contributed by atoms with Crippen LogP contribution in [-0.2, 0) is 10.0 Å². The maximum absolute atomic E-state index is 12.2. The van der Waals surface area contributed by atoms with Crippen molar-refractivity contribution in [2.24, 2.45) is 0 Å². The van der Waals surface area contributed by atoms with Crippen molar-refractivity contribution in [1.29, 1.82) is 0 Å². The van der Waals surface area contributed by atoms with Crippen molar-refractivity contribution in [2.75, 3.05) is 17.7 Å². The van der Waals surface area contributed by atoms with Crippen molar-refractivity contribution in [3.8, 4) is 0 Å². The summed E-state index contributed by atoms with van der Waals surface area (Å²) in [4.78, 5) is 0.178. The van der Waals surface area contributed by atoms with Gasteiger partial charge in [0.2, 0.25) is 10.0 Å². The van der Waals surface area contributed by atoms with Gasteiger partial charge in [0.15, 0.2) is 0 Å². The zero-order chi connectivity index (χ0) is 13.9. The Kier molecular flexibility index (Phi) is 5.33. The lowest BCUT2D eigenvalue weighted by Gasteiger charge is -2.15. The van der Waals surface area contributed by atoms with E-state index in [1.54, 1.807) is 24.8 Å². The molecule has 0 fully saturated rings. The largest absolute Gasteiger partial charge is 0.397 e. The van der Waals surface area contributed by atoms with Crippen molar-refractivity contribution in [3.63, 3.8) is 0 Å². The molecule has 18 heavy (non-hydrogen) atoms. The van der Waals surface area contributed by atoms with Crippen LogP contribution in [0.1, 0.15) is 12.5 Å². The molecule has 0 heterocycles. The van der Waals surface area contributed by atoms with Gasteiger partial charge >= 0.3 is 0 Å². The highest BCUT2D eigenvalue weighted by atomic mass is 35.5. The highest BCUT2D eigenvalue weighted by Gasteiger charge is 2.20. The van der Waals surface area contributed by atoms with E-state index in [4.69, 9.17) is 17.3 Å². The second kappa shape index (κ2) is 6.14. The maximum atomic E-state index is 12.2. The monoisotopic (exact) mass is 308 g/mol. The van der Waals surface area contributed by atoms with E-state index in [9.17, 15) is 8.42 Å². The van der Waals surface area contributed by atoms with Crippen molar-refractivity contribution in [3.05, 3.63) is 22.7 Å². The summed E-state index contributed by atoms with van der Waals surface area (Å²) >= 11 is 7.43. The van der Waals surface area contributed by atoms with E-state index < -0.39 is 10.0 Å². The Balaban J connectivity index is 3.09. The van der Waals surface area contributed by atoms with Gasteiger partial charge in [-0.25, -0.2) is 13.1 Å². The quantitative estimate of drug-likeness (QED) is 0.818. The summed E-state index contributed by atoms with van der Waals surface area (Å²) in [6.45, 7) is 3.52. The van der Waals surface area contributed by atoms with Gasteiger partial charge < -0.3 is 5.73 Å². The topological polar surface area (TPSA) is 72.2 Å². The number of hydrogen-bond donors (Lipinski definition) is 2. The van der Waals surface area contributed by atoms with Gasteiger partial charge in [0.1, 0.15) is 0 Å². The molecule has 0 aromatic heterocycles. The molecule has 4 nitrogen and oxygen atoms in total. The summed E-state index contributed by atoms with van der Waals surface area (Å²) in [7, 11) is -3.55. The second-order valence-corrected chi connectivity index (χ2v) is 7.12. The van der Waals surface area contributed by atoms with Gasteiger partial charge in [-0.3, -0.25) is 0 Å². The van der Waals surface area contributed by atoms with E-state index in [-0.39, 0.29) is 16.6 Å². The lowest BCUT2D eigenvalue weighted by Crippen LogP contribution is -2.34. The zero-order valence-electron chi connectivity index (χ0n) is 10.5. The molecule has 0 bridgehead atoms. The lowest BCUT2D eigenvalue weighted by atomic mass is 10.2. The van der Waals surface area contributed by atoms with Crippen LogP contribution in [0.25, 0.3) is 0 Å². The maximum Gasteiger partial charge on any atom is 0.241 e. The second-order valence-electron chi connectivity index (χ2n) is 4.12.